The van der Waals surface area contributed by atoms with Crippen LogP contribution in [0.1, 0.15) is 46.5 Å². The first-order chi connectivity index (χ1) is 12.0. The van der Waals surface area contributed by atoms with E-state index >= 15 is 0 Å². The van der Waals surface area contributed by atoms with Crippen molar-refractivity contribution >= 4 is 45.0 Å². The molecule has 1 atom stereocenters. The molecule has 25 heavy (non-hydrogen) atoms. The van der Waals surface area contributed by atoms with Crippen LogP contribution in [-0.4, -0.2) is 4.57 Å². The number of aromatic nitrogens is 1. The Morgan fingerprint density at radius 2 is 1.36 bits per heavy atom. The predicted molar refractivity (Wildman–Crippen MR) is 112 cm³/mol. The summed E-state index contributed by atoms with van der Waals surface area (Å²) in [5.74, 6) is 1.53. The van der Waals surface area contributed by atoms with Crippen LogP contribution >= 0.6 is 23.2 Å². The maximum Gasteiger partial charge on any atom is 0.0506 e. The molecule has 0 aliphatic rings. The predicted octanol–water partition coefficient (Wildman–Crippen LogP) is 7.95. The molecule has 134 valence electrons. The van der Waals surface area contributed by atoms with E-state index in [1.807, 2.05) is 12.1 Å². The van der Waals surface area contributed by atoms with Gasteiger partial charge in [0.05, 0.1) is 11.0 Å². The molecular formula is C22H27Cl2N. The Bertz CT molecular complexity index is 804. The number of hydrogen-bond acceptors (Lipinski definition) is 0. The quantitative estimate of drug-likeness (QED) is 0.394. The lowest BCUT2D eigenvalue weighted by atomic mass is 9.97. The maximum atomic E-state index is 6.27. The summed E-state index contributed by atoms with van der Waals surface area (Å²) in [6, 6.07) is 12.3. The fourth-order valence-electron chi connectivity index (χ4n) is 3.65. The molecule has 0 aliphatic heterocycles. The minimum atomic E-state index is 0.726. The second kappa shape index (κ2) is 8.01. The summed E-state index contributed by atoms with van der Waals surface area (Å²) >= 11 is 12.5. The average molecular weight is 376 g/mol. The van der Waals surface area contributed by atoms with Crippen LogP contribution in [0.4, 0.5) is 0 Å². The van der Waals surface area contributed by atoms with Crippen molar-refractivity contribution in [2.75, 3.05) is 0 Å². The van der Waals surface area contributed by atoms with Gasteiger partial charge < -0.3 is 4.57 Å². The maximum absolute atomic E-state index is 6.27. The summed E-state index contributed by atoms with van der Waals surface area (Å²) in [4.78, 5) is 0. The van der Waals surface area contributed by atoms with Crippen molar-refractivity contribution in [2.24, 2.45) is 11.8 Å². The Balaban J connectivity index is 1.86. The highest BCUT2D eigenvalue weighted by Gasteiger charge is 2.13. The first-order valence-electron chi connectivity index (χ1n) is 9.32. The molecule has 1 unspecified atom stereocenters. The molecule has 2 aromatic carbocycles. The molecule has 1 heterocycles. The molecule has 1 aromatic heterocycles. The zero-order chi connectivity index (χ0) is 18.0. The fraction of sp³-hybridized carbons (Fsp3) is 0.455. The first kappa shape index (κ1) is 18.6. The van der Waals surface area contributed by atoms with Crippen LogP contribution in [0.5, 0.6) is 0 Å². The van der Waals surface area contributed by atoms with E-state index in [1.165, 1.54) is 47.5 Å². The SMILES string of the molecule is CC(C)CCCC(C)CCn1c2cc(Cl)ccc2c2ccc(Cl)cc21. The van der Waals surface area contributed by atoms with Gasteiger partial charge in [-0.1, -0.05) is 75.4 Å². The van der Waals surface area contributed by atoms with Gasteiger partial charge in [-0.15, -0.1) is 0 Å². The highest BCUT2D eigenvalue weighted by molar-refractivity contribution is 6.32. The van der Waals surface area contributed by atoms with E-state index in [9.17, 15) is 0 Å². The number of hydrogen-bond donors (Lipinski definition) is 0. The van der Waals surface area contributed by atoms with E-state index < -0.39 is 0 Å². The lowest BCUT2D eigenvalue weighted by molar-refractivity contribution is 0.419. The van der Waals surface area contributed by atoms with Crippen LogP contribution in [0.25, 0.3) is 21.8 Å². The van der Waals surface area contributed by atoms with E-state index in [0.717, 1.165) is 28.4 Å². The monoisotopic (exact) mass is 375 g/mol. The zero-order valence-corrected chi connectivity index (χ0v) is 16.9. The first-order valence-corrected chi connectivity index (χ1v) is 10.1. The number of aryl methyl sites for hydroxylation is 1. The van der Waals surface area contributed by atoms with Gasteiger partial charge in [-0.25, -0.2) is 0 Å². The molecule has 3 heteroatoms. The summed E-state index contributed by atoms with van der Waals surface area (Å²) in [5.41, 5.74) is 2.42. The number of halogens is 2. The standard InChI is InChI=1S/C22H27Cl2N/c1-15(2)5-4-6-16(3)11-12-25-21-13-17(23)7-9-19(21)20-10-8-18(24)14-22(20)25/h7-10,13-16H,4-6,11-12H2,1-3H3. The summed E-state index contributed by atoms with van der Waals surface area (Å²) in [5, 5.41) is 4.08. The van der Waals surface area contributed by atoms with Crippen molar-refractivity contribution in [1.29, 1.82) is 0 Å². The van der Waals surface area contributed by atoms with Crippen molar-refractivity contribution in [3.8, 4) is 0 Å². The minimum absolute atomic E-state index is 0.726. The molecule has 3 aromatic rings. The molecule has 0 N–H and O–H groups in total. The summed E-state index contributed by atoms with van der Waals surface area (Å²) < 4.78 is 2.39. The van der Waals surface area contributed by atoms with E-state index in [1.54, 1.807) is 0 Å². The average Bonchev–Trinajstić information content (AvgIpc) is 2.84. The van der Waals surface area contributed by atoms with Crippen molar-refractivity contribution in [1.82, 2.24) is 4.57 Å². The molecular weight excluding hydrogens is 349 g/mol. The third-order valence-electron chi connectivity index (χ3n) is 5.12. The molecule has 0 bridgehead atoms. The molecule has 1 nitrogen and oxygen atoms in total. The van der Waals surface area contributed by atoms with Gasteiger partial charge in [0.25, 0.3) is 0 Å². The van der Waals surface area contributed by atoms with Crippen LogP contribution in [0.15, 0.2) is 36.4 Å². The third-order valence-corrected chi connectivity index (χ3v) is 5.59. The lowest BCUT2D eigenvalue weighted by Crippen LogP contribution is -2.04. The Hall–Kier alpha value is -1.18. The summed E-state index contributed by atoms with van der Waals surface area (Å²) in [6.45, 7) is 7.98. The molecule has 0 amide bonds. The number of nitrogens with zero attached hydrogens (tertiary/aromatic N) is 1. The molecule has 0 aliphatic carbocycles. The van der Waals surface area contributed by atoms with Gasteiger partial charge in [-0.05, 0) is 42.5 Å². The molecule has 0 fully saturated rings. The van der Waals surface area contributed by atoms with Gasteiger partial charge in [0.1, 0.15) is 0 Å². The Kier molecular flexibility index (Phi) is 5.96. The lowest BCUT2D eigenvalue weighted by Gasteiger charge is -2.14. The van der Waals surface area contributed by atoms with E-state index in [2.05, 4.69) is 49.6 Å². The van der Waals surface area contributed by atoms with Gasteiger partial charge in [-0.2, -0.15) is 0 Å². The number of benzene rings is 2. The Morgan fingerprint density at radius 1 is 0.800 bits per heavy atom. The molecule has 0 radical (unpaired) electrons. The van der Waals surface area contributed by atoms with Crippen LogP contribution in [-0.2, 0) is 6.54 Å². The second-order valence-corrected chi connectivity index (χ2v) is 8.57. The molecule has 0 spiro atoms. The van der Waals surface area contributed by atoms with Crippen LogP contribution in [0.3, 0.4) is 0 Å². The smallest absolute Gasteiger partial charge is 0.0506 e. The van der Waals surface area contributed by atoms with Crippen LogP contribution < -0.4 is 0 Å². The number of rotatable bonds is 7. The molecule has 3 rings (SSSR count). The topological polar surface area (TPSA) is 4.93 Å². The molecule has 0 saturated carbocycles. The van der Waals surface area contributed by atoms with Gasteiger partial charge in [0.2, 0.25) is 0 Å². The van der Waals surface area contributed by atoms with Crippen molar-refractivity contribution in [3.05, 3.63) is 46.4 Å². The van der Waals surface area contributed by atoms with Gasteiger partial charge in [0.15, 0.2) is 0 Å². The summed E-state index contributed by atoms with van der Waals surface area (Å²) in [7, 11) is 0. The van der Waals surface area contributed by atoms with E-state index in [0.29, 0.717) is 0 Å². The van der Waals surface area contributed by atoms with Crippen molar-refractivity contribution in [2.45, 2.75) is 53.0 Å². The van der Waals surface area contributed by atoms with E-state index in [-0.39, 0.29) is 0 Å². The van der Waals surface area contributed by atoms with Gasteiger partial charge in [-0.3, -0.25) is 0 Å². The van der Waals surface area contributed by atoms with Gasteiger partial charge >= 0.3 is 0 Å². The Labute approximate surface area is 160 Å². The van der Waals surface area contributed by atoms with Gasteiger partial charge in [0, 0.05) is 27.4 Å². The van der Waals surface area contributed by atoms with Crippen LogP contribution in [0.2, 0.25) is 10.0 Å². The van der Waals surface area contributed by atoms with Crippen molar-refractivity contribution in [3.63, 3.8) is 0 Å². The largest absolute Gasteiger partial charge is 0.340 e. The summed E-state index contributed by atoms with van der Waals surface area (Å²) in [6.07, 6.45) is 5.13. The highest BCUT2D eigenvalue weighted by atomic mass is 35.5. The normalized spacial score (nSPS) is 13.2. The van der Waals surface area contributed by atoms with E-state index in [4.69, 9.17) is 23.2 Å². The zero-order valence-electron chi connectivity index (χ0n) is 15.4. The number of fused-ring (bicyclic) bond motifs is 3. The molecule has 0 saturated heterocycles. The third kappa shape index (κ3) is 4.33. The minimum Gasteiger partial charge on any atom is -0.340 e. The van der Waals surface area contributed by atoms with Crippen molar-refractivity contribution < 1.29 is 0 Å². The van der Waals surface area contributed by atoms with Crippen LogP contribution in [0, 0.1) is 11.8 Å². The second-order valence-electron chi connectivity index (χ2n) is 7.69. The fourth-order valence-corrected chi connectivity index (χ4v) is 3.98. The highest BCUT2D eigenvalue weighted by Crippen LogP contribution is 2.33. The Morgan fingerprint density at radius 3 is 1.88 bits per heavy atom.